The average molecular weight is 331 g/mol. The molecule has 1 aliphatic heterocycles. The van der Waals surface area contributed by atoms with Gasteiger partial charge in [-0.1, -0.05) is 28.1 Å². The van der Waals surface area contributed by atoms with Crippen LogP contribution in [0.1, 0.15) is 33.5 Å². The van der Waals surface area contributed by atoms with E-state index in [2.05, 4.69) is 15.9 Å². The van der Waals surface area contributed by atoms with Gasteiger partial charge in [-0.05, 0) is 55.2 Å². The SMILES string of the molecule is Cc1cc(C(=O)c2cccc3c2OCCC3)ccc1Br. The lowest BCUT2D eigenvalue weighted by atomic mass is 9.96. The highest BCUT2D eigenvalue weighted by molar-refractivity contribution is 9.10. The van der Waals surface area contributed by atoms with Crippen molar-refractivity contribution in [1.29, 1.82) is 0 Å². The Balaban J connectivity index is 2.04. The van der Waals surface area contributed by atoms with Crippen LogP contribution in [-0.4, -0.2) is 12.4 Å². The normalized spacial score (nSPS) is 13.5. The fourth-order valence-corrected chi connectivity index (χ4v) is 2.76. The van der Waals surface area contributed by atoms with Crippen LogP contribution in [0.3, 0.4) is 0 Å². The molecule has 2 aromatic rings. The maximum Gasteiger partial charge on any atom is 0.196 e. The van der Waals surface area contributed by atoms with E-state index >= 15 is 0 Å². The molecule has 1 heterocycles. The van der Waals surface area contributed by atoms with Crippen molar-refractivity contribution in [1.82, 2.24) is 0 Å². The zero-order chi connectivity index (χ0) is 14.1. The largest absolute Gasteiger partial charge is 0.493 e. The summed E-state index contributed by atoms with van der Waals surface area (Å²) in [5, 5.41) is 0. The topological polar surface area (TPSA) is 26.3 Å². The van der Waals surface area contributed by atoms with Crippen LogP contribution < -0.4 is 4.74 Å². The number of fused-ring (bicyclic) bond motifs is 1. The number of benzene rings is 2. The van der Waals surface area contributed by atoms with Crippen LogP contribution in [0.2, 0.25) is 0 Å². The van der Waals surface area contributed by atoms with Gasteiger partial charge < -0.3 is 4.74 Å². The number of hydrogen-bond donors (Lipinski definition) is 0. The molecule has 0 spiro atoms. The lowest BCUT2D eigenvalue weighted by molar-refractivity contribution is 0.103. The molecule has 0 atom stereocenters. The molecule has 0 saturated carbocycles. The third-order valence-corrected chi connectivity index (χ3v) is 4.49. The summed E-state index contributed by atoms with van der Waals surface area (Å²) < 4.78 is 6.74. The summed E-state index contributed by atoms with van der Waals surface area (Å²) in [6.45, 7) is 2.68. The number of carbonyl (C=O) groups is 1. The summed E-state index contributed by atoms with van der Waals surface area (Å²) in [6, 6.07) is 11.5. The number of ether oxygens (including phenoxy) is 1. The van der Waals surface area contributed by atoms with Crippen LogP contribution in [0.4, 0.5) is 0 Å². The van der Waals surface area contributed by atoms with Crippen LogP contribution in [0.15, 0.2) is 40.9 Å². The second-order valence-corrected chi connectivity index (χ2v) is 5.89. The first-order valence-corrected chi connectivity index (χ1v) is 7.51. The van der Waals surface area contributed by atoms with Crippen molar-refractivity contribution in [3.63, 3.8) is 0 Å². The van der Waals surface area contributed by atoms with Crippen molar-refractivity contribution in [2.75, 3.05) is 6.61 Å². The molecule has 0 amide bonds. The van der Waals surface area contributed by atoms with Crippen LogP contribution in [0, 0.1) is 6.92 Å². The minimum atomic E-state index is 0.0272. The lowest BCUT2D eigenvalue weighted by Gasteiger charge is -2.19. The maximum atomic E-state index is 12.7. The van der Waals surface area contributed by atoms with E-state index in [1.807, 2.05) is 43.3 Å². The smallest absolute Gasteiger partial charge is 0.196 e. The summed E-state index contributed by atoms with van der Waals surface area (Å²) in [7, 11) is 0. The average Bonchev–Trinajstić information content (AvgIpc) is 2.49. The molecule has 20 heavy (non-hydrogen) atoms. The van der Waals surface area contributed by atoms with Gasteiger partial charge in [0.15, 0.2) is 5.78 Å². The van der Waals surface area contributed by atoms with Crippen molar-refractivity contribution >= 4 is 21.7 Å². The number of hydrogen-bond acceptors (Lipinski definition) is 2. The highest BCUT2D eigenvalue weighted by Gasteiger charge is 2.20. The molecule has 0 aromatic heterocycles. The Hall–Kier alpha value is -1.61. The summed E-state index contributed by atoms with van der Waals surface area (Å²) in [6.07, 6.45) is 2.00. The van der Waals surface area contributed by atoms with Crippen molar-refractivity contribution in [3.05, 3.63) is 63.1 Å². The minimum absolute atomic E-state index is 0.0272. The predicted molar refractivity (Wildman–Crippen MR) is 82.6 cm³/mol. The molecule has 3 rings (SSSR count). The molecular formula is C17H15BrO2. The van der Waals surface area contributed by atoms with E-state index in [-0.39, 0.29) is 5.78 Å². The Bertz CT molecular complexity index is 677. The summed E-state index contributed by atoms with van der Waals surface area (Å²) in [5.74, 6) is 0.795. The Morgan fingerprint density at radius 1 is 1.25 bits per heavy atom. The quantitative estimate of drug-likeness (QED) is 0.767. The molecule has 3 heteroatoms. The zero-order valence-corrected chi connectivity index (χ0v) is 12.9. The highest BCUT2D eigenvalue weighted by atomic mass is 79.9. The van der Waals surface area contributed by atoms with Crippen LogP contribution in [0.5, 0.6) is 5.75 Å². The van der Waals surface area contributed by atoms with Gasteiger partial charge >= 0.3 is 0 Å². The maximum absolute atomic E-state index is 12.7. The molecule has 2 nitrogen and oxygen atoms in total. The second kappa shape index (κ2) is 5.41. The first kappa shape index (κ1) is 13.4. The van der Waals surface area contributed by atoms with Gasteiger partial charge in [-0.3, -0.25) is 4.79 Å². The van der Waals surface area contributed by atoms with Gasteiger partial charge in [0.05, 0.1) is 12.2 Å². The standard InChI is InChI=1S/C17H15BrO2/c1-11-10-13(7-8-15(11)18)16(19)14-6-2-4-12-5-3-9-20-17(12)14/h2,4,6-8,10H,3,5,9H2,1H3. The predicted octanol–water partition coefficient (Wildman–Crippen LogP) is 4.31. The third kappa shape index (κ3) is 2.38. The first-order valence-electron chi connectivity index (χ1n) is 6.72. The van der Waals surface area contributed by atoms with Crippen LogP contribution >= 0.6 is 15.9 Å². The monoisotopic (exact) mass is 330 g/mol. The first-order chi connectivity index (χ1) is 9.66. The molecule has 102 valence electrons. The third-order valence-electron chi connectivity index (χ3n) is 3.60. The van der Waals surface area contributed by atoms with E-state index in [0.717, 1.165) is 34.2 Å². The van der Waals surface area contributed by atoms with Crippen molar-refractivity contribution in [2.45, 2.75) is 19.8 Å². The molecule has 0 N–H and O–H groups in total. The molecule has 0 radical (unpaired) electrons. The van der Waals surface area contributed by atoms with E-state index in [9.17, 15) is 4.79 Å². The highest BCUT2D eigenvalue weighted by Crippen LogP contribution is 2.31. The fourth-order valence-electron chi connectivity index (χ4n) is 2.51. The zero-order valence-electron chi connectivity index (χ0n) is 11.3. The molecule has 0 fully saturated rings. The van der Waals surface area contributed by atoms with E-state index in [4.69, 9.17) is 4.74 Å². The summed E-state index contributed by atoms with van der Waals surface area (Å²) >= 11 is 3.46. The van der Waals surface area contributed by atoms with Gasteiger partial charge in [-0.25, -0.2) is 0 Å². The molecule has 1 aliphatic rings. The van der Waals surface area contributed by atoms with Crippen LogP contribution in [0.25, 0.3) is 0 Å². The van der Waals surface area contributed by atoms with Gasteiger partial charge in [0, 0.05) is 10.0 Å². The number of halogens is 1. The van der Waals surface area contributed by atoms with Gasteiger partial charge in [0.1, 0.15) is 5.75 Å². The Morgan fingerprint density at radius 2 is 2.10 bits per heavy atom. The minimum Gasteiger partial charge on any atom is -0.493 e. The summed E-state index contributed by atoms with van der Waals surface area (Å²) in [4.78, 5) is 12.7. The Labute approximate surface area is 126 Å². The van der Waals surface area contributed by atoms with Gasteiger partial charge in [-0.2, -0.15) is 0 Å². The van der Waals surface area contributed by atoms with E-state index in [0.29, 0.717) is 17.7 Å². The van der Waals surface area contributed by atoms with E-state index in [1.165, 1.54) is 0 Å². The molecule has 2 aromatic carbocycles. The number of aryl methyl sites for hydroxylation is 2. The van der Waals surface area contributed by atoms with Gasteiger partial charge in [-0.15, -0.1) is 0 Å². The van der Waals surface area contributed by atoms with Crippen molar-refractivity contribution < 1.29 is 9.53 Å². The molecule has 0 saturated heterocycles. The molecular weight excluding hydrogens is 316 g/mol. The molecule has 0 unspecified atom stereocenters. The second-order valence-electron chi connectivity index (χ2n) is 5.04. The van der Waals surface area contributed by atoms with E-state index in [1.54, 1.807) is 0 Å². The lowest BCUT2D eigenvalue weighted by Crippen LogP contribution is -2.13. The van der Waals surface area contributed by atoms with Gasteiger partial charge in [0.25, 0.3) is 0 Å². The molecule has 0 bridgehead atoms. The number of carbonyl (C=O) groups excluding carboxylic acids is 1. The van der Waals surface area contributed by atoms with Crippen molar-refractivity contribution in [2.24, 2.45) is 0 Å². The number of para-hydroxylation sites is 1. The fraction of sp³-hybridized carbons (Fsp3) is 0.235. The Morgan fingerprint density at radius 3 is 2.90 bits per heavy atom. The van der Waals surface area contributed by atoms with Gasteiger partial charge in [0.2, 0.25) is 0 Å². The number of ketones is 1. The van der Waals surface area contributed by atoms with E-state index < -0.39 is 0 Å². The summed E-state index contributed by atoms with van der Waals surface area (Å²) in [5.41, 5.74) is 3.56. The molecule has 0 aliphatic carbocycles. The number of rotatable bonds is 2. The van der Waals surface area contributed by atoms with Crippen LogP contribution in [-0.2, 0) is 6.42 Å². The van der Waals surface area contributed by atoms with Crippen molar-refractivity contribution in [3.8, 4) is 5.75 Å². The Kier molecular flexibility index (Phi) is 3.62.